The van der Waals surface area contributed by atoms with Crippen LogP contribution in [0.3, 0.4) is 0 Å². The van der Waals surface area contributed by atoms with Gasteiger partial charge >= 0.3 is 0 Å². The molecule has 26 heavy (non-hydrogen) atoms. The Morgan fingerprint density at radius 1 is 1.27 bits per heavy atom. The first kappa shape index (κ1) is 18.3. The van der Waals surface area contributed by atoms with Gasteiger partial charge in [0, 0.05) is 30.0 Å². The minimum absolute atomic E-state index is 0.0459. The van der Waals surface area contributed by atoms with Crippen LogP contribution in [0, 0.1) is 12.8 Å². The molecule has 0 atom stereocenters. The van der Waals surface area contributed by atoms with Gasteiger partial charge in [0.1, 0.15) is 4.83 Å². The summed E-state index contributed by atoms with van der Waals surface area (Å²) in [7, 11) is 0. The number of carbonyl (C=O) groups is 1. The van der Waals surface area contributed by atoms with Gasteiger partial charge in [-0.25, -0.2) is 4.98 Å². The Labute approximate surface area is 156 Å². The summed E-state index contributed by atoms with van der Waals surface area (Å²) >= 11 is 1.53. The molecular formula is C20H23N3O2S. The predicted octanol–water partition coefficient (Wildman–Crippen LogP) is 3.60. The second-order valence-corrected chi connectivity index (χ2v) is 7.97. The number of benzene rings is 1. The van der Waals surface area contributed by atoms with E-state index in [2.05, 4.69) is 10.3 Å². The summed E-state index contributed by atoms with van der Waals surface area (Å²) in [6.45, 7) is 7.08. The molecule has 0 aliphatic heterocycles. The fourth-order valence-electron chi connectivity index (χ4n) is 2.88. The van der Waals surface area contributed by atoms with Crippen molar-refractivity contribution in [2.75, 3.05) is 6.54 Å². The zero-order valence-electron chi connectivity index (χ0n) is 15.3. The summed E-state index contributed by atoms with van der Waals surface area (Å²) in [6.07, 6.45) is 1.81. The van der Waals surface area contributed by atoms with Crippen LogP contribution in [0.5, 0.6) is 0 Å². The number of rotatable bonds is 6. The van der Waals surface area contributed by atoms with E-state index in [0.29, 0.717) is 24.4 Å². The van der Waals surface area contributed by atoms with Crippen LogP contribution >= 0.6 is 11.3 Å². The number of nitrogens with one attached hydrogen (secondary N) is 1. The molecule has 0 unspecified atom stereocenters. The van der Waals surface area contributed by atoms with Crippen LogP contribution in [-0.4, -0.2) is 22.0 Å². The average Bonchev–Trinajstić information content (AvgIpc) is 2.97. The first-order valence-corrected chi connectivity index (χ1v) is 9.59. The zero-order chi connectivity index (χ0) is 18.7. The van der Waals surface area contributed by atoms with Crippen molar-refractivity contribution in [1.29, 1.82) is 0 Å². The van der Waals surface area contributed by atoms with E-state index in [0.717, 1.165) is 20.8 Å². The van der Waals surface area contributed by atoms with Crippen molar-refractivity contribution in [3.05, 3.63) is 51.9 Å². The first-order chi connectivity index (χ1) is 12.5. The van der Waals surface area contributed by atoms with Gasteiger partial charge in [0.25, 0.3) is 5.56 Å². The Morgan fingerprint density at radius 2 is 2.00 bits per heavy atom. The summed E-state index contributed by atoms with van der Waals surface area (Å²) in [4.78, 5) is 31.2. The van der Waals surface area contributed by atoms with Crippen molar-refractivity contribution in [3.63, 3.8) is 0 Å². The molecule has 0 bridgehead atoms. The lowest BCUT2D eigenvalue weighted by Crippen LogP contribution is -2.30. The summed E-state index contributed by atoms with van der Waals surface area (Å²) in [5, 5.41) is 3.52. The molecule has 1 N–H and O–H groups in total. The Balaban J connectivity index is 1.91. The number of hydrogen-bond acceptors (Lipinski definition) is 4. The molecule has 3 aromatic rings. The van der Waals surface area contributed by atoms with E-state index in [-0.39, 0.29) is 17.9 Å². The molecule has 136 valence electrons. The summed E-state index contributed by atoms with van der Waals surface area (Å²) in [5.74, 6) is 0.359. The minimum Gasteiger partial charge on any atom is -0.356 e. The molecule has 6 heteroatoms. The molecule has 5 nitrogen and oxygen atoms in total. The maximum atomic E-state index is 13.0. The highest BCUT2D eigenvalue weighted by molar-refractivity contribution is 7.19. The van der Waals surface area contributed by atoms with E-state index in [4.69, 9.17) is 0 Å². The lowest BCUT2D eigenvalue weighted by Gasteiger charge is -2.09. The van der Waals surface area contributed by atoms with Crippen molar-refractivity contribution in [2.45, 2.75) is 33.7 Å². The molecule has 2 heterocycles. The van der Waals surface area contributed by atoms with Gasteiger partial charge < -0.3 is 5.32 Å². The van der Waals surface area contributed by atoms with Gasteiger partial charge in [-0.2, -0.15) is 0 Å². The van der Waals surface area contributed by atoms with Gasteiger partial charge in [0.15, 0.2) is 0 Å². The first-order valence-electron chi connectivity index (χ1n) is 8.78. The number of nitrogens with zero attached hydrogens (tertiary/aromatic N) is 2. The van der Waals surface area contributed by atoms with Gasteiger partial charge in [0.2, 0.25) is 5.91 Å². The van der Waals surface area contributed by atoms with E-state index in [1.54, 1.807) is 6.33 Å². The zero-order valence-corrected chi connectivity index (χ0v) is 16.1. The van der Waals surface area contributed by atoms with Crippen LogP contribution in [0.15, 0.2) is 41.5 Å². The average molecular weight is 369 g/mol. The number of amides is 1. The number of hydrogen-bond donors (Lipinski definition) is 1. The summed E-state index contributed by atoms with van der Waals surface area (Å²) in [6, 6.07) is 9.90. The maximum absolute atomic E-state index is 13.0. The lowest BCUT2D eigenvalue weighted by molar-refractivity contribution is -0.121. The highest BCUT2D eigenvalue weighted by Crippen LogP contribution is 2.35. The fourth-order valence-corrected chi connectivity index (χ4v) is 3.88. The Hall–Kier alpha value is -2.47. The standard InChI is InChI=1S/C20H23N3O2S/c1-13(2)11-21-16(24)9-10-23-12-22-19-18(20(23)25)17(14(3)26-19)15-7-5-4-6-8-15/h4-8,12-13H,9-11H2,1-3H3,(H,21,24). The van der Waals surface area contributed by atoms with Crippen molar-refractivity contribution in [1.82, 2.24) is 14.9 Å². The van der Waals surface area contributed by atoms with E-state index >= 15 is 0 Å². The number of fused-ring (bicyclic) bond motifs is 1. The summed E-state index contributed by atoms with van der Waals surface area (Å²) < 4.78 is 1.54. The normalized spacial score (nSPS) is 11.2. The molecule has 1 aromatic carbocycles. The number of thiophene rings is 1. The van der Waals surface area contributed by atoms with Crippen molar-refractivity contribution >= 4 is 27.5 Å². The molecule has 1 amide bonds. The van der Waals surface area contributed by atoms with Gasteiger partial charge in [-0.15, -0.1) is 11.3 Å². The Bertz CT molecular complexity index is 974. The maximum Gasteiger partial charge on any atom is 0.262 e. The van der Waals surface area contributed by atoms with Gasteiger partial charge in [-0.05, 0) is 18.4 Å². The quantitative estimate of drug-likeness (QED) is 0.722. The minimum atomic E-state index is -0.0881. The fraction of sp³-hybridized carbons (Fsp3) is 0.350. The van der Waals surface area contributed by atoms with E-state index in [1.807, 2.05) is 51.1 Å². The third-order valence-corrected chi connectivity index (χ3v) is 5.22. The van der Waals surface area contributed by atoms with Crippen molar-refractivity contribution in [2.24, 2.45) is 5.92 Å². The molecule has 0 aliphatic rings. The third-order valence-electron chi connectivity index (χ3n) is 4.20. The lowest BCUT2D eigenvalue weighted by atomic mass is 10.0. The van der Waals surface area contributed by atoms with Crippen LogP contribution < -0.4 is 10.9 Å². The number of aromatic nitrogens is 2. The van der Waals surface area contributed by atoms with Gasteiger partial charge in [-0.1, -0.05) is 44.2 Å². The van der Waals surface area contributed by atoms with Gasteiger partial charge in [0.05, 0.1) is 11.7 Å². The molecule has 0 spiro atoms. The van der Waals surface area contributed by atoms with E-state index in [1.165, 1.54) is 15.9 Å². The third kappa shape index (κ3) is 3.85. The molecule has 2 aromatic heterocycles. The van der Waals surface area contributed by atoms with E-state index in [9.17, 15) is 9.59 Å². The number of aryl methyl sites for hydroxylation is 2. The number of carbonyl (C=O) groups excluding carboxylic acids is 1. The second-order valence-electron chi connectivity index (χ2n) is 6.77. The van der Waals surface area contributed by atoms with Crippen LogP contribution in [-0.2, 0) is 11.3 Å². The van der Waals surface area contributed by atoms with Crippen LogP contribution in [0.1, 0.15) is 25.1 Å². The molecule has 3 rings (SSSR count). The molecule has 0 aliphatic carbocycles. The molecule has 0 fully saturated rings. The SMILES string of the molecule is Cc1sc2ncn(CCC(=O)NCC(C)C)c(=O)c2c1-c1ccccc1. The Kier molecular flexibility index (Phi) is 5.52. The largest absolute Gasteiger partial charge is 0.356 e. The molecule has 0 saturated carbocycles. The van der Waals surface area contributed by atoms with Crippen LogP contribution in [0.25, 0.3) is 21.3 Å². The predicted molar refractivity (Wildman–Crippen MR) is 107 cm³/mol. The van der Waals surface area contributed by atoms with Gasteiger partial charge in [-0.3, -0.25) is 14.2 Å². The van der Waals surface area contributed by atoms with Crippen LogP contribution in [0.2, 0.25) is 0 Å². The Morgan fingerprint density at radius 3 is 2.69 bits per heavy atom. The molecule has 0 saturated heterocycles. The second kappa shape index (κ2) is 7.83. The van der Waals surface area contributed by atoms with Crippen molar-refractivity contribution in [3.8, 4) is 11.1 Å². The highest BCUT2D eigenvalue weighted by atomic mass is 32.1. The topological polar surface area (TPSA) is 64.0 Å². The van der Waals surface area contributed by atoms with Crippen molar-refractivity contribution < 1.29 is 4.79 Å². The highest BCUT2D eigenvalue weighted by Gasteiger charge is 2.17. The smallest absolute Gasteiger partial charge is 0.262 e. The molecule has 0 radical (unpaired) electrons. The van der Waals surface area contributed by atoms with E-state index < -0.39 is 0 Å². The summed E-state index contributed by atoms with van der Waals surface area (Å²) in [5.41, 5.74) is 1.87. The monoisotopic (exact) mass is 369 g/mol. The van der Waals surface area contributed by atoms with Crippen LogP contribution in [0.4, 0.5) is 0 Å². The molecular weight excluding hydrogens is 346 g/mol.